The van der Waals surface area contributed by atoms with E-state index in [2.05, 4.69) is 10.2 Å². The van der Waals surface area contributed by atoms with Crippen molar-refractivity contribution < 1.29 is 4.79 Å². The minimum Gasteiger partial charge on any atom is -0.353 e. The fourth-order valence-electron chi connectivity index (χ4n) is 4.86. The van der Waals surface area contributed by atoms with Gasteiger partial charge in [-0.25, -0.2) is 0 Å². The van der Waals surface area contributed by atoms with Crippen LogP contribution in [-0.4, -0.2) is 36.5 Å². The Hall–Kier alpha value is -0.570. The standard InChI is InChI=1S/C20H36N2O/c23-20(21-19-10-6-1-2-7-11-19)18-12-14-22(15-13-18)16-17-8-4-3-5-9-17/h17-19H,1-16H2,(H,21,23). The van der Waals surface area contributed by atoms with E-state index in [-0.39, 0.29) is 5.92 Å². The monoisotopic (exact) mass is 320 g/mol. The van der Waals surface area contributed by atoms with E-state index in [0.717, 1.165) is 31.8 Å². The maximum absolute atomic E-state index is 12.5. The summed E-state index contributed by atoms with van der Waals surface area (Å²) < 4.78 is 0. The van der Waals surface area contributed by atoms with Gasteiger partial charge >= 0.3 is 0 Å². The molecule has 3 nitrogen and oxygen atoms in total. The molecule has 0 atom stereocenters. The Morgan fingerprint density at radius 2 is 1.35 bits per heavy atom. The Balaban J connectivity index is 1.36. The zero-order valence-corrected chi connectivity index (χ0v) is 14.9. The number of piperidine rings is 1. The second kappa shape index (κ2) is 9.05. The molecule has 1 amide bonds. The first-order valence-electron chi connectivity index (χ1n) is 10.3. The van der Waals surface area contributed by atoms with Crippen molar-refractivity contribution >= 4 is 5.91 Å². The molecule has 1 aliphatic heterocycles. The minimum absolute atomic E-state index is 0.279. The number of hydrogen-bond donors (Lipinski definition) is 1. The summed E-state index contributed by atoms with van der Waals surface area (Å²) >= 11 is 0. The topological polar surface area (TPSA) is 32.3 Å². The molecular weight excluding hydrogens is 284 g/mol. The van der Waals surface area contributed by atoms with Crippen molar-refractivity contribution in [2.24, 2.45) is 11.8 Å². The average Bonchev–Trinajstić information content (AvgIpc) is 2.85. The molecule has 2 aliphatic carbocycles. The maximum Gasteiger partial charge on any atom is 0.223 e. The molecule has 2 saturated carbocycles. The van der Waals surface area contributed by atoms with Gasteiger partial charge in [-0.2, -0.15) is 0 Å². The van der Waals surface area contributed by atoms with Gasteiger partial charge in [-0.05, 0) is 57.5 Å². The fraction of sp³-hybridized carbons (Fsp3) is 0.950. The van der Waals surface area contributed by atoms with Gasteiger partial charge in [0.05, 0.1) is 0 Å². The number of carbonyl (C=O) groups is 1. The van der Waals surface area contributed by atoms with Crippen molar-refractivity contribution in [2.45, 2.75) is 89.5 Å². The predicted octanol–water partition coefficient (Wildman–Crippen LogP) is 4.12. The molecule has 1 saturated heterocycles. The van der Waals surface area contributed by atoms with Crippen molar-refractivity contribution in [1.29, 1.82) is 0 Å². The van der Waals surface area contributed by atoms with Crippen LogP contribution in [0.1, 0.15) is 83.5 Å². The van der Waals surface area contributed by atoms with Crippen LogP contribution >= 0.6 is 0 Å². The number of amides is 1. The largest absolute Gasteiger partial charge is 0.353 e. The maximum atomic E-state index is 12.5. The van der Waals surface area contributed by atoms with E-state index in [0.29, 0.717) is 11.9 Å². The third-order valence-corrected chi connectivity index (χ3v) is 6.40. The number of carbonyl (C=O) groups excluding carboxylic acids is 1. The first-order valence-corrected chi connectivity index (χ1v) is 10.3. The van der Waals surface area contributed by atoms with Crippen LogP contribution < -0.4 is 5.32 Å². The molecule has 0 aromatic carbocycles. The summed E-state index contributed by atoms with van der Waals surface area (Å²) in [6.45, 7) is 3.56. The molecule has 0 aromatic heterocycles. The third kappa shape index (κ3) is 5.48. The van der Waals surface area contributed by atoms with Crippen LogP contribution in [-0.2, 0) is 4.79 Å². The summed E-state index contributed by atoms with van der Waals surface area (Å²) in [5, 5.41) is 3.37. The summed E-state index contributed by atoms with van der Waals surface area (Å²) in [5.41, 5.74) is 0. The van der Waals surface area contributed by atoms with Crippen molar-refractivity contribution in [1.82, 2.24) is 10.2 Å². The number of hydrogen-bond acceptors (Lipinski definition) is 2. The zero-order chi connectivity index (χ0) is 15.9. The SMILES string of the molecule is O=C(NC1CCCCCC1)C1CCN(CC2CCCCC2)CC1. The van der Waals surface area contributed by atoms with E-state index in [1.54, 1.807) is 0 Å². The smallest absolute Gasteiger partial charge is 0.223 e. The minimum atomic E-state index is 0.279. The van der Waals surface area contributed by atoms with E-state index in [9.17, 15) is 4.79 Å². The highest BCUT2D eigenvalue weighted by Gasteiger charge is 2.28. The fourth-order valence-corrected chi connectivity index (χ4v) is 4.86. The Kier molecular flexibility index (Phi) is 6.79. The number of nitrogens with one attached hydrogen (secondary N) is 1. The summed E-state index contributed by atoms with van der Waals surface area (Å²) in [4.78, 5) is 15.2. The van der Waals surface area contributed by atoms with Crippen LogP contribution in [0, 0.1) is 11.8 Å². The highest BCUT2D eigenvalue weighted by Crippen LogP contribution is 2.27. The lowest BCUT2D eigenvalue weighted by molar-refractivity contribution is -0.127. The Morgan fingerprint density at radius 1 is 0.783 bits per heavy atom. The molecule has 0 bridgehead atoms. The molecule has 1 heterocycles. The normalized spacial score (nSPS) is 26.8. The lowest BCUT2D eigenvalue weighted by Crippen LogP contribution is -2.44. The second-order valence-electron chi connectivity index (χ2n) is 8.28. The van der Waals surface area contributed by atoms with E-state index in [1.807, 2.05) is 0 Å². The molecule has 132 valence electrons. The van der Waals surface area contributed by atoms with Crippen molar-refractivity contribution in [3.63, 3.8) is 0 Å². The van der Waals surface area contributed by atoms with E-state index < -0.39 is 0 Å². The average molecular weight is 321 g/mol. The van der Waals surface area contributed by atoms with Gasteiger partial charge in [-0.15, -0.1) is 0 Å². The number of nitrogens with zero attached hydrogens (tertiary/aromatic N) is 1. The molecule has 0 aromatic rings. The second-order valence-corrected chi connectivity index (χ2v) is 8.28. The summed E-state index contributed by atoms with van der Waals surface area (Å²) in [7, 11) is 0. The van der Waals surface area contributed by atoms with Gasteiger partial charge in [0.15, 0.2) is 0 Å². The quantitative estimate of drug-likeness (QED) is 0.790. The van der Waals surface area contributed by atoms with Crippen LogP contribution in [0.4, 0.5) is 0 Å². The van der Waals surface area contributed by atoms with E-state index in [1.165, 1.54) is 77.2 Å². The van der Waals surface area contributed by atoms with Crippen molar-refractivity contribution in [3.8, 4) is 0 Å². The molecule has 0 spiro atoms. The zero-order valence-electron chi connectivity index (χ0n) is 14.9. The number of rotatable bonds is 4. The molecule has 3 aliphatic rings. The van der Waals surface area contributed by atoms with Gasteiger partial charge < -0.3 is 10.2 Å². The van der Waals surface area contributed by atoms with Crippen LogP contribution in [0.3, 0.4) is 0 Å². The first kappa shape index (κ1) is 17.3. The van der Waals surface area contributed by atoms with Crippen LogP contribution in [0.15, 0.2) is 0 Å². The molecule has 3 fully saturated rings. The summed E-state index contributed by atoms with van der Waals surface area (Å²) in [5.74, 6) is 1.56. The van der Waals surface area contributed by atoms with Gasteiger partial charge in [-0.1, -0.05) is 44.9 Å². The molecule has 0 unspecified atom stereocenters. The summed E-state index contributed by atoms with van der Waals surface area (Å²) in [6, 6.07) is 0.463. The lowest BCUT2D eigenvalue weighted by Gasteiger charge is -2.35. The highest BCUT2D eigenvalue weighted by molar-refractivity contribution is 5.79. The summed E-state index contributed by atoms with van der Waals surface area (Å²) in [6.07, 6.45) is 17.0. The van der Waals surface area contributed by atoms with Crippen LogP contribution in [0.5, 0.6) is 0 Å². The van der Waals surface area contributed by atoms with Gasteiger partial charge in [-0.3, -0.25) is 4.79 Å². The van der Waals surface area contributed by atoms with E-state index in [4.69, 9.17) is 0 Å². The van der Waals surface area contributed by atoms with Gasteiger partial charge in [0.1, 0.15) is 0 Å². The third-order valence-electron chi connectivity index (χ3n) is 6.40. The van der Waals surface area contributed by atoms with Gasteiger partial charge in [0.2, 0.25) is 5.91 Å². The molecule has 0 radical (unpaired) electrons. The Morgan fingerprint density at radius 3 is 2.00 bits per heavy atom. The molecule has 3 rings (SSSR count). The molecule has 1 N–H and O–H groups in total. The van der Waals surface area contributed by atoms with Crippen molar-refractivity contribution in [3.05, 3.63) is 0 Å². The van der Waals surface area contributed by atoms with Gasteiger partial charge in [0, 0.05) is 18.5 Å². The van der Waals surface area contributed by atoms with Crippen molar-refractivity contribution in [2.75, 3.05) is 19.6 Å². The van der Waals surface area contributed by atoms with Crippen LogP contribution in [0.25, 0.3) is 0 Å². The number of likely N-dealkylation sites (tertiary alicyclic amines) is 1. The molecule has 23 heavy (non-hydrogen) atoms. The van der Waals surface area contributed by atoms with E-state index >= 15 is 0 Å². The molecular formula is C20H36N2O. The Labute approximate surface area is 142 Å². The molecule has 3 heteroatoms. The first-order chi connectivity index (χ1) is 11.3. The lowest BCUT2D eigenvalue weighted by atomic mass is 9.87. The Bertz CT molecular complexity index is 349. The predicted molar refractivity (Wildman–Crippen MR) is 95.4 cm³/mol. The van der Waals surface area contributed by atoms with Crippen LogP contribution in [0.2, 0.25) is 0 Å². The highest BCUT2D eigenvalue weighted by atomic mass is 16.1. The van der Waals surface area contributed by atoms with Gasteiger partial charge in [0.25, 0.3) is 0 Å².